The molecule has 0 bridgehead atoms. The van der Waals surface area contributed by atoms with Crippen LogP contribution in [0.4, 0.5) is 0 Å². The Balaban J connectivity index is 1.49. The monoisotopic (exact) mass is 367 g/mol. The van der Waals surface area contributed by atoms with E-state index in [2.05, 4.69) is 9.55 Å². The largest absolute Gasteiger partial charge is 0.326 e. The molecule has 0 N–H and O–H groups in total. The van der Waals surface area contributed by atoms with E-state index in [1.807, 2.05) is 36.4 Å². The standard InChI is InChI=1S/C20H21N3O2S/c24-26(25,17-10-9-15-5-1-2-6-16(15)13-17)22-11-12-23-19-8-4-3-7-18(19)21-20(23)14-22/h3-4,7-10,13H,1-2,5-6,11-12,14H2. The van der Waals surface area contributed by atoms with Crippen molar-refractivity contribution in [2.75, 3.05) is 6.54 Å². The summed E-state index contributed by atoms with van der Waals surface area (Å²) in [5.41, 5.74) is 4.50. The predicted octanol–water partition coefficient (Wildman–Crippen LogP) is 3.12. The molecule has 0 spiro atoms. The van der Waals surface area contributed by atoms with Crippen LogP contribution in [0.1, 0.15) is 29.8 Å². The summed E-state index contributed by atoms with van der Waals surface area (Å²) in [5, 5.41) is 0. The fourth-order valence-corrected chi connectivity index (χ4v) is 5.61. The first kappa shape index (κ1) is 16.0. The number of hydrogen-bond donors (Lipinski definition) is 0. The van der Waals surface area contributed by atoms with E-state index in [9.17, 15) is 8.42 Å². The van der Waals surface area contributed by atoms with Gasteiger partial charge in [0.15, 0.2) is 0 Å². The highest BCUT2D eigenvalue weighted by Gasteiger charge is 2.30. The molecule has 2 aliphatic rings. The van der Waals surface area contributed by atoms with Crippen molar-refractivity contribution in [2.24, 2.45) is 0 Å². The maximum absolute atomic E-state index is 13.2. The topological polar surface area (TPSA) is 55.2 Å². The van der Waals surface area contributed by atoms with Crippen LogP contribution in [0.25, 0.3) is 11.0 Å². The molecule has 0 amide bonds. The normalized spacial score (nSPS) is 17.8. The summed E-state index contributed by atoms with van der Waals surface area (Å²) in [4.78, 5) is 5.06. The zero-order valence-electron chi connectivity index (χ0n) is 14.6. The maximum atomic E-state index is 13.2. The molecule has 1 aliphatic heterocycles. The van der Waals surface area contributed by atoms with E-state index in [0.717, 1.165) is 36.1 Å². The minimum absolute atomic E-state index is 0.327. The van der Waals surface area contributed by atoms with Gasteiger partial charge in [-0.15, -0.1) is 0 Å². The fraction of sp³-hybridized carbons (Fsp3) is 0.350. The van der Waals surface area contributed by atoms with Gasteiger partial charge in [0.25, 0.3) is 0 Å². The van der Waals surface area contributed by atoms with Crippen molar-refractivity contribution < 1.29 is 8.42 Å². The number of benzene rings is 2. The van der Waals surface area contributed by atoms with Gasteiger partial charge in [0.05, 0.1) is 22.5 Å². The molecule has 3 aromatic rings. The molecule has 5 nitrogen and oxygen atoms in total. The third-order valence-electron chi connectivity index (χ3n) is 5.58. The van der Waals surface area contributed by atoms with E-state index in [-0.39, 0.29) is 0 Å². The Labute approximate surface area is 153 Å². The summed E-state index contributed by atoms with van der Waals surface area (Å²) in [5.74, 6) is 0.819. The Morgan fingerprint density at radius 3 is 2.62 bits per heavy atom. The fourth-order valence-electron chi connectivity index (χ4n) is 4.17. The van der Waals surface area contributed by atoms with Gasteiger partial charge in [-0.05, 0) is 61.1 Å². The van der Waals surface area contributed by atoms with Crippen LogP contribution in [0.2, 0.25) is 0 Å². The van der Waals surface area contributed by atoms with Crippen LogP contribution in [-0.2, 0) is 36.0 Å². The second kappa shape index (κ2) is 5.93. The Morgan fingerprint density at radius 1 is 0.923 bits per heavy atom. The van der Waals surface area contributed by atoms with Gasteiger partial charge >= 0.3 is 0 Å². The number of aromatic nitrogens is 2. The van der Waals surface area contributed by atoms with Crippen LogP contribution >= 0.6 is 0 Å². The van der Waals surface area contributed by atoms with Gasteiger partial charge in [-0.3, -0.25) is 0 Å². The van der Waals surface area contributed by atoms with Gasteiger partial charge in [-0.2, -0.15) is 4.31 Å². The zero-order chi connectivity index (χ0) is 17.7. The highest BCUT2D eigenvalue weighted by Crippen LogP contribution is 2.28. The van der Waals surface area contributed by atoms with Crippen LogP contribution in [0.5, 0.6) is 0 Å². The predicted molar refractivity (Wildman–Crippen MR) is 100 cm³/mol. The van der Waals surface area contributed by atoms with Gasteiger partial charge in [-0.1, -0.05) is 18.2 Å². The molecule has 0 saturated carbocycles. The molecule has 6 heteroatoms. The van der Waals surface area contributed by atoms with Crippen molar-refractivity contribution in [3.8, 4) is 0 Å². The molecular weight excluding hydrogens is 346 g/mol. The SMILES string of the molecule is O=S(=O)(c1ccc2c(c1)CCCC2)N1CCn2c(nc3ccccc32)C1. The minimum Gasteiger partial charge on any atom is -0.326 e. The van der Waals surface area contributed by atoms with Gasteiger partial charge in [0, 0.05) is 13.1 Å². The van der Waals surface area contributed by atoms with Crippen LogP contribution < -0.4 is 0 Å². The zero-order valence-corrected chi connectivity index (χ0v) is 15.4. The first-order valence-electron chi connectivity index (χ1n) is 9.19. The number of hydrogen-bond acceptors (Lipinski definition) is 3. The lowest BCUT2D eigenvalue weighted by atomic mass is 9.92. The Kier molecular flexibility index (Phi) is 3.65. The number of rotatable bonds is 2. The number of sulfonamides is 1. The van der Waals surface area contributed by atoms with Crippen molar-refractivity contribution in [3.05, 3.63) is 59.4 Å². The molecule has 0 unspecified atom stereocenters. The maximum Gasteiger partial charge on any atom is 0.243 e. The average Bonchev–Trinajstić information content (AvgIpc) is 3.05. The lowest BCUT2D eigenvalue weighted by Crippen LogP contribution is -2.38. The van der Waals surface area contributed by atoms with E-state index in [0.29, 0.717) is 24.5 Å². The summed E-state index contributed by atoms with van der Waals surface area (Å²) < 4.78 is 30.1. The molecule has 2 aromatic carbocycles. The Morgan fingerprint density at radius 2 is 1.73 bits per heavy atom. The third kappa shape index (κ3) is 2.47. The summed E-state index contributed by atoms with van der Waals surface area (Å²) in [7, 11) is -3.50. The molecule has 0 fully saturated rings. The molecule has 2 heterocycles. The molecule has 26 heavy (non-hydrogen) atoms. The quantitative estimate of drug-likeness (QED) is 0.699. The van der Waals surface area contributed by atoms with E-state index in [1.54, 1.807) is 10.4 Å². The third-order valence-corrected chi connectivity index (χ3v) is 7.42. The molecule has 0 radical (unpaired) electrons. The highest BCUT2D eigenvalue weighted by atomic mass is 32.2. The number of fused-ring (bicyclic) bond motifs is 4. The van der Waals surface area contributed by atoms with Gasteiger partial charge in [-0.25, -0.2) is 13.4 Å². The van der Waals surface area contributed by atoms with Crippen molar-refractivity contribution in [1.29, 1.82) is 0 Å². The summed E-state index contributed by atoms with van der Waals surface area (Å²) in [6.07, 6.45) is 4.38. The van der Waals surface area contributed by atoms with Crippen LogP contribution in [0.3, 0.4) is 0 Å². The van der Waals surface area contributed by atoms with Crippen molar-refractivity contribution >= 4 is 21.1 Å². The number of aryl methyl sites for hydroxylation is 2. The number of nitrogens with zero attached hydrogens (tertiary/aromatic N) is 3. The van der Waals surface area contributed by atoms with E-state index in [1.165, 1.54) is 17.5 Å². The highest BCUT2D eigenvalue weighted by molar-refractivity contribution is 7.89. The average molecular weight is 367 g/mol. The van der Waals surface area contributed by atoms with E-state index < -0.39 is 10.0 Å². The van der Waals surface area contributed by atoms with Gasteiger partial charge in [0.2, 0.25) is 10.0 Å². The Hall–Kier alpha value is -2.18. The summed E-state index contributed by atoms with van der Waals surface area (Å²) in [6, 6.07) is 13.6. The smallest absolute Gasteiger partial charge is 0.243 e. The van der Waals surface area contributed by atoms with E-state index >= 15 is 0 Å². The van der Waals surface area contributed by atoms with Crippen LogP contribution in [0.15, 0.2) is 47.4 Å². The first-order valence-corrected chi connectivity index (χ1v) is 10.6. The molecule has 134 valence electrons. The lowest BCUT2D eigenvalue weighted by molar-refractivity contribution is 0.339. The van der Waals surface area contributed by atoms with Gasteiger partial charge < -0.3 is 4.57 Å². The van der Waals surface area contributed by atoms with Crippen molar-refractivity contribution in [1.82, 2.24) is 13.9 Å². The molecular formula is C20H21N3O2S. The number of para-hydroxylation sites is 2. The number of imidazole rings is 1. The second-order valence-electron chi connectivity index (χ2n) is 7.14. The molecule has 1 aliphatic carbocycles. The van der Waals surface area contributed by atoms with Crippen LogP contribution in [-0.4, -0.2) is 28.8 Å². The van der Waals surface area contributed by atoms with Crippen LogP contribution in [0, 0.1) is 0 Å². The molecule has 1 aromatic heterocycles. The first-order chi connectivity index (χ1) is 12.6. The second-order valence-corrected chi connectivity index (χ2v) is 9.08. The van der Waals surface area contributed by atoms with Gasteiger partial charge in [0.1, 0.15) is 5.82 Å². The minimum atomic E-state index is -3.50. The molecule has 0 atom stereocenters. The van der Waals surface area contributed by atoms with E-state index in [4.69, 9.17) is 0 Å². The van der Waals surface area contributed by atoms with Crippen molar-refractivity contribution in [3.63, 3.8) is 0 Å². The Bertz CT molecular complexity index is 1100. The molecule has 0 saturated heterocycles. The summed E-state index contributed by atoms with van der Waals surface area (Å²) in [6.45, 7) is 1.45. The summed E-state index contributed by atoms with van der Waals surface area (Å²) >= 11 is 0. The van der Waals surface area contributed by atoms with Crippen molar-refractivity contribution in [2.45, 2.75) is 43.7 Å². The molecule has 5 rings (SSSR count). The lowest BCUT2D eigenvalue weighted by Gasteiger charge is -2.28.